The van der Waals surface area contributed by atoms with E-state index < -0.39 is 7.92 Å². The van der Waals surface area contributed by atoms with E-state index in [1.807, 2.05) is 24.3 Å². The first-order chi connectivity index (χ1) is 11.4. The molecule has 0 aliphatic carbocycles. The van der Waals surface area contributed by atoms with E-state index in [1.54, 1.807) is 14.2 Å². The molecule has 0 amide bonds. The summed E-state index contributed by atoms with van der Waals surface area (Å²) >= 11 is 0. The molecule has 0 saturated carbocycles. The van der Waals surface area contributed by atoms with Gasteiger partial charge in [0, 0.05) is 10.9 Å². The van der Waals surface area contributed by atoms with Crippen LogP contribution in [0.15, 0.2) is 36.4 Å². The molecule has 1 unspecified atom stereocenters. The highest BCUT2D eigenvalue weighted by atomic mass is 31.1. The van der Waals surface area contributed by atoms with Gasteiger partial charge in [-0.3, -0.25) is 0 Å². The van der Waals surface area contributed by atoms with Gasteiger partial charge < -0.3 is 14.2 Å². The van der Waals surface area contributed by atoms with Crippen LogP contribution < -0.4 is 19.5 Å². The summed E-state index contributed by atoms with van der Waals surface area (Å²) in [4.78, 5) is 0. The van der Waals surface area contributed by atoms with Gasteiger partial charge >= 0.3 is 0 Å². The van der Waals surface area contributed by atoms with Crippen molar-refractivity contribution < 1.29 is 14.2 Å². The zero-order valence-corrected chi connectivity index (χ0v) is 16.1. The zero-order valence-electron chi connectivity index (χ0n) is 15.2. The number of fused-ring (bicyclic) bond motifs is 1. The highest BCUT2D eigenvalue weighted by molar-refractivity contribution is 7.68. The summed E-state index contributed by atoms with van der Waals surface area (Å²) in [6, 6.07) is 12.2. The topological polar surface area (TPSA) is 27.7 Å². The largest absolute Gasteiger partial charge is 0.496 e. The second kappa shape index (κ2) is 6.29. The lowest BCUT2D eigenvalue weighted by Gasteiger charge is -2.31. The lowest BCUT2D eigenvalue weighted by atomic mass is 10.0. The molecule has 1 heterocycles. The van der Waals surface area contributed by atoms with Gasteiger partial charge in [-0.25, -0.2) is 0 Å². The molecule has 1 aliphatic rings. The maximum atomic E-state index is 6.20. The van der Waals surface area contributed by atoms with Crippen LogP contribution in [0.5, 0.6) is 17.2 Å². The average Bonchev–Trinajstić information content (AvgIpc) is 2.89. The minimum Gasteiger partial charge on any atom is -0.496 e. The molecule has 24 heavy (non-hydrogen) atoms. The van der Waals surface area contributed by atoms with E-state index in [2.05, 4.69) is 39.8 Å². The van der Waals surface area contributed by atoms with Crippen LogP contribution in [0.4, 0.5) is 0 Å². The van der Waals surface area contributed by atoms with Gasteiger partial charge in [-0.1, -0.05) is 39.0 Å². The van der Waals surface area contributed by atoms with E-state index in [1.165, 1.54) is 5.30 Å². The van der Waals surface area contributed by atoms with E-state index in [4.69, 9.17) is 14.2 Å². The van der Waals surface area contributed by atoms with Crippen molar-refractivity contribution >= 4 is 13.2 Å². The van der Waals surface area contributed by atoms with Crippen LogP contribution in [-0.2, 0) is 0 Å². The Hall–Kier alpha value is -1.73. The Morgan fingerprint density at radius 2 is 1.54 bits per heavy atom. The van der Waals surface area contributed by atoms with Crippen molar-refractivity contribution in [2.24, 2.45) is 0 Å². The van der Waals surface area contributed by atoms with Crippen molar-refractivity contribution in [1.29, 1.82) is 0 Å². The maximum absolute atomic E-state index is 6.20. The summed E-state index contributed by atoms with van der Waals surface area (Å²) in [6.07, 6.45) is 0. The average molecular weight is 344 g/mol. The van der Waals surface area contributed by atoms with Gasteiger partial charge in [0.15, 0.2) is 0 Å². The molecule has 0 spiro atoms. The summed E-state index contributed by atoms with van der Waals surface area (Å²) < 4.78 is 17.5. The van der Waals surface area contributed by atoms with E-state index in [0.29, 0.717) is 0 Å². The summed E-state index contributed by atoms with van der Waals surface area (Å²) in [6.45, 7) is 9.07. The lowest BCUT2D eigenvalue weighted by Crippen LogP contribution is -2.23. The van der Waals surface area contributed by atoms with Gasteiger partial charge in [0.25, 0.3) is 0 Å². The van der Waals surface area contributed by atoms with Crippen LogP contribution in [0.2, 0.25) is 0 Å². The Labute approximate surface area is 145 Å². The molecular formula is C20H25O3P. The van der Waals surface area contributed by atoms with E-state index in [9.17, 15) is 0 Å². The molecule has 3 rings (SSSR count). The number of rotatable bonds is 3. The predicted molar refractivity (Wildman–Crippen MR) is 101 cm³/mol. The van der Waals surface area contributed by atoms with Crippen molar-refractivity contribution in [3.05, 3.63) is 36.4 Å². The Balaban J connectivity index is 2.29. The molecule has 0 bridgehead atoms. The van der Waals surface area contributed by atoms with Gasteiger partial charge in [-0.05, 0) is 38.2 Å². The minimum atomic E-state index is -0.476. The first-order valence-corrected chi connectivity index (χ1v) is 9.60. The maximum Gasteiger partial charge on any atom is 0.130 e. The van der Waals surface area contributed by atoms with Gasteiger partial charge in [0.05, 0.1) is 19.8 Å². The highest BCUT2D eigenvalue weighted by Gasteiger charge is 2.41. The van der Waals surface area contributed by atoms with Crippen LogP contribution in [0.1, 0.15) is 27.7 Å². The smallest absolute Gasteiger partial charge is 0.130 e. The molecule has 0 N–H and O–H groups in total. The molecule has 2 atom stereocenters. The third-order valence-corrected chi connectivity index (χ3v) is 7.54. The fourth-order valence-corrected chi connectivity index (χ4v) is 6.64. The molecule has 0 saturated heterocycles. The third-order valence-electron chi connectivity index (χ3n) is 4.32. The molecule has 1 aliphatic heterocycles. The molecule has 2 aromatic carbocycles. The van der Waals surface area contributed by atoms with E-state index in [0.717, 1.165) is 28.4 Å². The first-order valence-electron chi connectivity index (χ1n) is 8.19. The van der Waals surface area contributed by atoms with Crippen LogP contribution in [0.3, 0.4) is 0 Å². The van der Waals surface area contributed by atoms with Crippen LogP contribution >= 0.6 is 7.92 Å². The molecular weight excluding hydrogens is 319 g/mol. The Morgan fingerprint density at radius 3 is 2.08 bits per heavy atom. The number of benzene rings is 2. The van der Waals surface area contributed by atoms with Crippen molar-refractivity contribution in [2.75, 3.05) is 14.2 Å². The Morgan fingerprint density at radius 1 is 0.958 bits per heavy atom. The van der Waals surface area contributed by atoms with Crippen molar-refractivity contribution in [3.8, 4) is 28.4 Å². The zero-order chi connectivity index (χ0) is 17.5. The molecule has 128 valence electrons. The van der Waals surface area contributed by atoms with Crippen LogP contribution in [-0.4, -0.2) is 25.2 Å². The number of ether oxygens (including phenoxy) is 3. The summed E-state index contributed by atoms with van der Waals surface area (Å²) in [5.74, 6) is 2.85. The fourth-order valence-electron chi connectivity index (χ4n) is 3.48. The van der Waals surface area contributed by atoms with Crippen molar-refractivity contribution in [3.63, 3.8) is 0 Å². The standard InChI is InChI=1S/C20H25O3P/c1-13-23-17-12-7-9-14(19(17)24(13)20(2,3)4)18-15(21-5)10-8-11-16(18)22-6/h7-13H,1-6H3/t13?,24-/m0/s1. The quantitative estimate of drug-likeness (QED) is 0.732. The van der Waals surface area contributed by atoms with Gasteiger partial charge in [0.2, 0.25) is 0 Å². The SMILES string of the molecule is COc1cccc(OC)c1-c1cccc2c1[P@@](C(C)(C)C)C(C)O2. The van der Waals surface area contributed by atoms with Crippen LogP contribution in [0, 0.1) is 0 Å². The van der Waals surface area contributed by atoms with Crippen molar-refractivity contribution in [1.82, 2.24) is 0 Å². The molecule has 0 radical (unpaired) electrons. The summed E-state index contributed by atoms with van der Waals surface area (Å²) in [7, 11) is 2.93. The van der Waals surface area contributed by atoms with Gasteiger partial charge in [-0.2, -0.15) is 0 Å². The van der Waals surface area contributed by atoms with Gasteiger partial charge in [0.1, 0.15) is 23.1 Å². The highest BCUT2D eigenvalue weighted by Crippen LogP contribution is 2.60. The molecule has 4 heteroatoms. The van der Waals surface area contributed by atoms with Gasteiger partial charge in [-0.15, -0.1) is 0 Å². The third kappa shape index (κ3) is 2.75. The van der Waals surface area contributed by atoms with Crippen LogP contribution in [0.25, 0.3) is 11.1 Å². The summed E-state index contributed by atoms with van der Waals surface area (Å²) in [5.41, 5.74) is 2.17. The molecule has 3 nitrogen and oxygen atoms in total. The summed E-state index contributed by atoms with van der Waals surface area (Å²) in [5, 5.41) is 1.47. The monoisotopic (exact) mass is 344 g/mol. The predicted octanol–water partition coefficient (Wildman–Crippen LogP) is 5.01. The number of hydrogen-bond donors (Lipinski definition) is 0. The Bertz CT molecular complexity index is 727. The first kappa shape index (κ1) is 17.1. The van der Waals surface area contributed by atoms with Crippen molar-refractivity contribution in [2.45, 2.75) is 38.7 Å². The second-order valence-electron chi connectivity index (χ2n) is 6.95. The lowest BCUT2D eigenvalue weighted by molar-refractivity contribution is 0.313. The normalized spacial score (nSPS) is 19.6. The Kier molecular flexibility index (Phi) is 4.48. The number of hydrogen-bond acceptors (Lipinski definition) is 3. The second-order valence-corrected chi connectivity index (χ2v) is 10.2. The number of methoxy groups -OCH3 is 2. The molecule has 0 fully saturated rings. The minimum absolute atomic E-state index is 0.158. The van der Waals surface area contributed by atoms with E-state index in [-0.39, 0.29) is 11.0 Å². The molecule has 2 aromatic rings. The fraction of sp³-hybridized carbons (Fsp3) is 0.400. The molecule has 0 aromatic heterocycles. The van der Waals surface area contributed by atoms with E-state index >= 15 is 0 Å².